The van der Waals surface area contributed by atoms with Gasteiger partial charge in [-0.25, -0.2) is 0 Å². The van der Waals surface area contributed by atoms with Crippen LogP contribution in [-0.4, -0.2) is 37.5 Å². The lowest BCUT2D eigenvalue weighted by Gasteiger charge is -2.10. The first-order chi connectivity index (χ1) is 7.74. The minimum absolute atomic E-state index is 0.00142. The van der Waals surface area contributed by atoms with Crippen molar-refractivity contribution in [2.24, 2.45) is 0 Å². The summed E-state index contributed by atoms with van der Waals surface area (Å²) in [7, 11) is 0. The maximum atomic E-state index is 11.5. The van der Waals surface area contributed by atoms with Gasteiger partial charge in [-0.05, 0) is 25.8 Å². The van der Waals surface area contributed by atoms with Crippen LogP contribution in [0.3, 0.4) is 0 Å². The maximum Gasteiger partial charge on any atom is 0.237 e. The highest BCUT2D eigenvalue weighted by Gasteiger charge is 2.21. The monoisotopic (exact) mass is 227 g/mol. The summed E-state index contributed by atoms with van der Waals surface area (Å²) in [5, 5.41) is 8.66. The van der Waals surface area contributed by atoms with Crippen LogP contribution >= 0.6 is 0 Å². The first kappa shape index (κ1) is 13.0. The van der Waals surface area contributed by atoms with E-state index in [4.69, 9.17) is 0 Å². The molecule has 16 heavy (non-hydrogen) atoms. The predicted octanol–water partition coefficient (Wildman–Crippen LogP) is -0.229. The molecule has 0 aromatic carbocycles. The van der Waals surface area contributed by atoms with Crippen molar-refractivity contribution in [3.05, 3.63) is 0 Å². The molecule has 1 heterocycles. The first-order valence-corrected chi connectivity index (χ1v) is 6.02. The highest BCUT2D eigenvalue weighted by Crippen LogP contribution is 2.04. The average Bonchev–Trinajstić information content (AvgIpc) is 2.79. The summed E-state index contributed by atoms with van der Waals surface area (Å²) in [6.07, 6.45) is 3.24. The van der Waals surface area contributed by atoms with Gasteiger partial charge in [0.15, 0.2) is 0 Å². The summed E-state index contributed by atoms with van der Waals surface area (Å²) in [6.45, 7) is 4.05. The van der Waals surface area contributed by atoms with Gasteiger partial charge in [-0.2, -0.15) is 0 Å². The fourth-order valence-electron chi connectivity index (χ4n) is 1.68. The van der Waals surface area contributed by atoms with E-state index in [-0.39, 0.29) is 17.9 Å². The molecule has 1 fully saturated rings. The van der Waals surface area contributed by atoms with Crippen LogP contribution in [0.5, 0.6) is 0 Å². The fourth-order valence-corrected chi connectivity index (χ4v) is 1.68. The van der Waals surface area contributed by atoms with Crippen molar-refractivity contribution in [2.75, 3.05) is 19.6 Å². The largest absolute Gasteiger partial charge is 0.356 e. The lowest BCUT2D eigenvalue weighted by molar-refractivity contribution is -0.123. The van der Waals surface area contributed by atoms with Crippen LogP contribution < -0.4 is 16.0 Å². The molecule has 0 aromatic heterocycles. The number of hydrogen-bond acceptors (Lipinski definition) is 3. The molecule has 0 radical (unpaired) electrons. The second kappa shape index (κ2) is 7.22. The summed E-state index contributed by atoms with van der Waals surface area (Å²) in [4.78, 5) is 22.8. The van der Waals surface area contributed by atoms with Gasteiger partial charge in [0.05, 0.1) is 6.04 Å². The summed E-state index contributed by atoms with van der Waals surface area (Å²) < 4.78 is 0. The van der Waals surface area contributed by atoms with Crippen molar-refractivity contribution in [2.45, 2.75) is 38.6 Å². The number of hydrogen-bond donors (Lipinski definition) is 3. The molecule has 5 heteroatoms. The molecular weight excluding hydrogens is 206 g/mol. The molecule has 1 saturated heterocycles. The van der Waals surface area contributed by atoms with Crippen molar-refractivity contribution < 1.29 is 9.59 Å². The number of rotatable bonds is 6. The standard InChI is InChI=1S/C11H21N3O2/c1-2-6-13-10(15)5-8-14-11(16)9-4-3-7-12-9/h9,12H,2-8H2,1H3,(H,13,15)(H,14,16). The van der Waals surface area contributed by atoms with E-state index in [0.717, 1.165) is 25.8 Å². The van der Waals surface area contributed by atoms with Crippen LogP contribution in [-0.2, 0) is 9.59 Å². The SMILES string of the molecule is CCCNC(=O)CCNC(=O)C1CCCN1. The van der Waals surface area contributed by atoms with E-state index >= 15 is 0 Å². The van der Waals surface area contributed by atoms with Gasteiger partial charge in [0, 0.05) is 19.5 Å². The van der Waals surface area contributed by atoms with Gasteiger partial charge in [0.25, 0.3) is 0 Å². The molecule has 5 nitrogen and oxygen atoms in total. The van der Waals surface area contributed by atoms with Gasteiger partial charge < -0.3 is 16.0 Å². The number of carbonyl (C=O) groups is 2. The van der Waals surface area contributed by atoms with E-state index in [2.05, 4.69) is 16.0 Å². The molecular formula is C11H21N3O2. The Morgan fingerprint density at radius 3 is 2.75 bits per heavy atom. The zero-order chi connectivity index (χ0) is 11.8. The molecule has 0 aromatic rings. The van der Waals surface area contributed by atoms with Crippen LogP contribution in [0.2, 0.25) is 0 Å². The van der Waals surface area contributed by atoms with Crippen molar-refractivity contribution in [1.29, 1.82) is 0 Å². The zero-order valence-electron chi connectivity index (χ0n) is 9.84. The summed E-state index contributed by atoms with van der Waals surface area (Å²) in [6, 6.07) is -0.0568. The van der Waals surface area contributed by atoms with E-state index in [0.29, 0.717) is 19.5 Å². The quantitative estimate of drug-likeness (QED) is 0.587. The van der Waals surface area contributed by atoms with E-state index in [9.17, 15) is 9.59 Å². The Kier molecular flexibility index (Phi) is 5.85. The molecule has 0 aliphatic carbocycles. The lowest BCUT2D eigenvalue weighted by atomic mass is 10.2. The Bertz CT molecular complexity index is 237. The second-order valence-electron chi connectivity index (χ2n) is 4.04. The Balaban J connectivity index is 2.05. The van der Waals surface area contributed by atoms with E-state index in [1.807, 2.05) is 6.92 Å². The van der Waals surface area contributed by atoms with E-state index in [1.165, 1.54) is 0 Å². The van der Waals surface area contributed by atoms with Crippen LogP contribution in [0.4, 0.5) is 0 Å². The van der Waals surface area contributed by atoms with Gasteiger partial charge >= 0.3 is 0 Å². The third-order valence-corrected chi connectivity index (χ3v) is 2.60. The number of amides is 2. The van der Waals surface area contributed by atoms with Crippen molar-refractivity contribution in [1.82, 2.24) is 16.0 Å². The fraction of sp³-hybridized carbons (Fsp3) is 0.818. The van der Waals surface area contributed by atoms with Crippen LogP contribution in [0.15, 0.2) is 0 Å². The molecule has 2 amide bonds. The Morgan fingerprint density at radius 1 is 1.31 bits per heavy atom. The van der Waals surface area contributed by atoms with Gasteiger partial charge in [0.2, 0.25) is 11.8 Å². The topological polar surface area (TPSA) is 70.2 Å². The second-order valence-corrected chi connectivity index (χ2v) is 4.04. The molecule has 92 valence electrons. The molecule has 0 bridgehead atoms. The smallest absolute Gasteiger partial charge is 0.237 e. The average molecular weight is 227 g/mol. The highest BCUT2D eigenvalue weighted by molar-refractivity contribution is 5.83. The normalized spacial score (nSPS) is 19.4. The van der Waals surface area contributed by atoms with Crippen molar-refractivity contribution in [3.8, 4) is 0 Å². The molecule has 1 rings (SSSR count). The van der Waals surface area contributed by atoms with Crippen molar-refractivity contribution in [3.63, 3.8) is 0 Å². The van der Waals surface area contributed by atoms with Gasteiger partial charge in [-0.3, -0.25) is 9.59 Å². The maximum absolute atomic E-state index is 11.5. The van der Waals surface area contributed by atoms with Crippen LogP contribution in [0.25, 0.3) is 0 Å². The Labute approximate surface area is 96.4 Å². The Hall–Kier alpha value is -1.10. The third kappa shape index (κ3) is 4.61. The van der Waals surface area contributed by atoms with Gasteiger partial charge in [-0.1, -0.05) is 6.92 Å². The van der Waals surface area contributed by atoms with E-state index in [1.54, 1.807) is 0 Å². The highest BCUT2D eigenvalue weighted by atomic mass is 16.2. The Morgan fingerprint density at radius 2 is 2.12 bits per heavy atom. The van der Waals surface area contributed by atoms with Crippen LogP contribution in [0, 0.1) is 0 Å². The molecule has 1 aliphatic heterocycles. The molecule has 0 saturated carbocycles. The molecule has 1 unspecified atom stereocenters. The zero-order valence-corrected chi connectivity index (χ0v) is 9.84. The predicted molar refractivity (Wildman–Crippen MR) is 62.0 cm³/mol. The molecule has 1 aliphatic rings. The van der Waals surface area contributed by atoms with Gasteiger partial charge in [-0.15, -0.1) is 0 Å². The molecule has 1 atom stereocenters. The first-order valence-electron chi connectivity index (χ1n) is 6.02. The summed E-state index contributed by atoms with van der Waals surface area (Å²) in [5.41, 5.74) is 0. The third-order valence-electron chi connectivity index (χ3n) is 2.60. The summed E-state index contributed by atoms with van der Waals surface area (Å²) >= 11 is 0. The van der Waals surface area contributed by atoms with Gasteiger partial charge in [0.1, 0.15) is 0 Å². The summed E-state index contributed by atoms with van der Waals surface area (Å²) in [5.74, 6) is 0.0160. The van der Waals surface area contributed by atoms with Crippen molar-refractivity contribution >= 4 is 11.8 Å². The molecule has 3 N–H and O–H groups in total. The number of carbonyl (C=O) groups excluding carboxylic acids is 2. The minimum Gasteiger partial charge on any atom is -0.356 e. The number of nitrogens with one attached hydrogen (secondary N) is 3. The van der Waals surface area contributed by atoms with Crippen LogP contribution in [0.1, 0.15) is 32.6 Å². The molecule has 0 spiro atoms. The minimum atomic E-state index is -0.0568. The van der Waals surface area contributed by atoms with E-state index < -0.39 is 0 Å². The lowest BCUT2D eigenvalue weighted by Crippen LogP contribution is -2.41.